The van der Waals surface area contributed by atoms with E-state index in [9.17, 15) is 0 Å². The maximum atomic E-state index is 5.90. The molecule has 0 aromatic carbocycles. The molecule has 1 aliphatic rings. The molecule has 11 heavy (non-hydrogen) atoms. The Hall–Kier alpha value is 0.0500. The molecule has 1 N–H and O–H groups in total. The van der Waals surface area contributed by atoms with Gasteiger partial charge in [0.15, 0.2) is 0 Å². The minimum absolute atomic E-state index is 0.646. The molecule has 0 aromatic heterocycles. The minimum Gasteiger partial charge on any atom is -0.381 e. The Morgan fingerprint density at radius 3 is 2.64 bits per heavy atom. The van der Waals surface area contributed by atoms with Gasteiger partial charge in [0.1, 0.15) is 0 Å². The van der Waals surface area contributed by atoms with Crippen LogP contribution in [-0.2, 0) is 0 Å². The van der Waals surface area contributed by atoms with Gasteiger partial charge in [-0.15, -0.1) is 0 Å². The van der Waals surface area contributed by atoms with Crippen LogP contribution < -0.4 is 5.32 Å². The van der Waals surface area contributed by atoms with Crippen molar-refractivity contribution in [2.24, 2.45) is 0 Å². The Labute approximate surface area is 80.6 Å². The second-order valence-electron chi connectivity index (χ2n) is 2.58. The van der Waals surface area contributed by atoms with Crippen LogP contribution in [0.25, 0.3) is 0 Å². The summed E-state index contributed by atoms with van der Waals surface area (Å²) in [6.07, 6.45) is 4.40. The van der Waals surface area contributed by atoms with Crippen LogP contribution in [0.1, 0.15) is 19.8 Å². The van der Waals surface area contributed by atoms with E-state index in [0.717, 1.165) is 10.7 Å². The summed E-state index contributed by atoms with van der Waals surface area (Å²) in [6, 6.07) is 0.646. The van der Waals surface area contributed by atoms with Crippen molar-refractivity contribution in [3.05, 3.63) is 21.8 Å². The van der Waals surface area contributed by atoms with Gasteiger partial charge in [-0.2, -0.15) is 0 Å². The second kappa shape index (κ2) is 4.17. The van der Waals surface area contributed by atoms with Crippen LogP contribution in [0.2, 0.25) is 0 Å². The molecule has 0 amide bonds. The fourth-order valence-electron chi connectivity index (χ4n) is 0.756. The third-order valence-corrected chi connectivity index (χ3v) is 2.44. The van der Waals surface area contributed by atoms with Crippen molar-refractivity contribution in [3.63, 3.8) is 0 Å². The summed E-state index contributed by atoms with van der Waals surface area (Å²) in [5.74, 6) is 0. The molecule has 0 bridgehead atoms. The molecule has 1 saturated carbocycles. The minimum atomic E-state index is 0.646. The van der Waals surface area contributed by atoms with E-state index in [1.54, 1.807) is 0 Å². The highest BCUT2D eigenvalue weighted by atomic mass is 79.9. The van der Waals surface area contributed by atoms with Crippen LogP contribution in [0.4, 0.5) is 0 Å². The van der Waals surface area contributed by atoms with Crippen LogP contribution in [-0.4, -0.2) is 6.04 Å². The predicted molar refractivity (Wildman–Crippen MR) is 52.8 cm³/mol. The molecule has 1 fully saturated rings. The number of hydrogen-bond donors (Lipinski definition) is 1. The van der Waals surface area contributed by atoms with Crippen molar-refractivity contribution in [3.8, 4) is 0 Å². The van der Waals surface area contributed by atoms with Crippen molar-refractivity contribution in [2.45, 2.75) is 25.8 Å². The molecule has 0 aliphatic heterocycles. The Morgan fingerprint density at radius 1 is 1.64 bits per heavy atom. The first-order valence-corrected chi connectivity index (χ1v) is 4.96. The number of allylic oxidation sites excluding steroid dienone is 2. The third-order valence-electron chi connectivity index (χ3n) is 1.56. The first-order chi connectivity index (χ1) is 5.27. The molecule has 0 saturated heterocycles. The number of nitrogens with one attached hydrogen (secondary N) is 1. The summed E-state index contributed by atoms with van der Waals surface area (Å²) in [6.45, 7) is 1.92. The van der Waals surface area contributed by atoms with Gasteiger partial charge in [-0.25, -0.2) is 0 Å². The Bertz CT molecular complexity index is 194. The molecule has 3 heteroatoms. The third kappa shape index (κ3) is 2.88. The molecule has 1 aliphatic carbocycles. The fourth-order valence-corrected chi connectivity index (χ4v) is 1.38. The number of rotatable bonds is 3. The monoisotopic (exact) mass is 235 g/mol. The van der Waals surface area contributed by atoms with Gasteiger partial charge in [0.05, 0.1) is 10.7 Å². The average Bonchev–Trinajstić information content (AvgIpc) is 2.82. The number of hydrogen-bond acceptors (Lipinski definition) is 1. The molecule has 0 unspecified atom stereocenters. The molecule has 1 nitrogen and oxygen atoms in total. The Morgan fingerprint density at radius 2 is 2.27 bits per heavy atom. The summed E-state index contributed by atoms with van der Waals surface area (Å²) in [5.41, 5.74) is 0.983. The predicted octanol–water partition coefficient (Wildman–Crippen LogP) is 3.12. The van der Waals surface area contributed by atoms with Gasteiger partial charge in [-0.1, -0.05) is 33.6 Å². The average molecular weight is 237 g/mol. The first-order valence-electron chi connectivity index (χ1n) is 3.67. The smallest absolute Gasteiger partial charge is 0.0600 e. The van der Waals surface area contributed by atoms with Crippen molar-refractivity contribution in [1.82, 2.24) is 5.32 Å². The van der Waals surface area contributed by atoms with Crippen LogP contribution in [0, 0.1) is 0 Å². The largest absolute Gasteiger partial charge is 0.381 e. The zero-order valence-electron chi connectivity index (χ0n) is 6.40. The molecular weight excluding hydrogens is 225 g/mol. The SMILES string of the molecule is C/C=C(Cl)\C(=C/Br)NC1CC1. The van der Waals surface area contributed by atoms with E-state index < -0.39 is 0 Å². The van der Waals surface area contributed by atoms with E-state index in [1.807, 2.05) is 18.0 Å². The molecule has 0 radical (unpaired) electrons. The second-order valence-corrected chi connectivity index (χ2v) is 3.44. The zero-order valence-corrected chi connectivity index (χ0v) is 8.74. The van der Waals surface area contributed by atoms with Crippen molar-refractivity contribution in [2.75, 3.05) is 0 Å². The molecule has 62 valence electrons. The highest BCUT2D eigenvalue weighted by molar-refractivity contribution is 9.11. The van der Waals surface area contributed by atoms with Crippen LogP contribution in [0.15, 0.2) is 21.8 Å². The molecule has 0 spiro atoms. The van der Waals surface area contributed by atoms with Gasteiger partial charge in [-0.05, 0) is 19.8 Å². The highest BCUT2D eigenvalue weighted by Crippen LogP contribution is 2.23. The van der Waals surface area contributed by atoms with Gasteiger partial charge in [-0.3, -0.25) is 0 Å². The van der Waals surface area contributed by atoms with Gasteiger partial charge in [0, 0.05) is 11.0 Å². The topological polar surface area (TPSA) is 12.0 Å². The van der Waals surface area contributed by atoms with Gasteiger partial charge in [0.2, 0.25) is 0 Å². The van der Waals surface area contributed by atoms with Gasteiger partial charge in [0.25, 0.3) is 0 Å². The van der Waals surface area contributed by atoms with E-state index in [1.165, 1.54) is 12.8 Å². The molecule has 0 heterocycles. The molecular formula is C8H11BrClN. The maximum absolute atomic E-state index is 5.90. The van der Waals surface area contributed by atoms with E-state index in [2.05, 4.69) is 21.2 Å². The lowest BCUT2D eigenvalue weighted by atomic mass is 10.4. The number of halogens is 2. The van der Waals surface area contributed by atoms with Crippen LogP contribution in [0.5, 0.6) is 0 Å². The van der Waals surface area contributed by atoms with E-state index >= 15 is 0 Å². The maximum Gasteiger partial charge on any atom is 0.0600 e. The van der Waals surface area contributed by atoms with Crippen LogP contribution >= 0.6 is 27.5 Å². The zero-order chi connectivity index (χ0) is 8.27. The summed E-state index contributed by atoms with van der Waals surface area (Å²) in [5, 5.41) is 4.08. The standard InChI is InChI=1S/C8H11BrClN/c1-2-7(10)8(5-9)11-6-3-4-6/h2,5-6,11H,3-4H2,1H3/b7-2+,8-5+. The van der Waals surface area contributed by atoms with Crippen molar-refractivity contribution < 1.29 is 0 Å². The van der Waals surface area contributed by atoms with E-state index in [-0.39, 0.29) is 0 Å². The van der Waals surface area contributed by atoms with E-state index in [4.69, 9.17) is 11.6 Å². The summed E-state index contributed by atoms with van der Waals surface area (Å²) < 4.78 is 0. The molecule has 0 aromatic rings. The fraction of sp³-hybridized carbons (Fsp3) is 0.500. The summed E-state index contributed by atoms with van der Waals surface area (Å²) >= 11 is 9.17. The quantitative estimate of drug-likeness (QED) is 0.743. The lowest BCUT2D eigenvalue weighted by molar-refractivity contribution is 0.825. The van der Waals surface area contributed by atoms with Gasteiger partial charge >= 0.3 is 0 Å². The van der Waals surface area contributed by atoms with E-state index in [0.29, 0.717) is 6.04 Å². The lowest BCUT2D eigenvalue weighted by Gasteiger charge is -2.06. The highest BCUT2D eigenvalue weighted by Gasteiger charge is 2.21. The van der Waals surface area contributed by atoms with Crippen molar-refractivity contribution >= 4 is 27.5 Å². The first kappa shape index (κ1) is 9.14. The molecule has 1 rings (SSSR count). The summed E-state index contributed by atoms with van der Waals surface area (Å²) in [4.78, 5) is 1.83. The van der Waals surface area contributed by atoms with Crippen molar-refractivity contribution in [1.29, 1.82) is 0 Å². The Balaban J connectivity index is 2.48. The Kier molecular flexibility index (Phi) is 3.46. The van der Waals surface area contributed by atoms with Gasteiger partial charge < -0.3 is 5.32 Å². The lowest BCUT2D eigenvalue weighted by Crippen LogP contribution is -2.15. The summed E-state index contributed by atoms with van der Waals surface area (Å²) in [7, 11) is 0. The molecule has 0 atom stereocenters. The van der Waals surface area contributed by atoms with Crippen LogP contribution in [0.3, 0.4) is 0 Å². The normalized spacial score (nSPS) is 20.3.